The molecule has 0 unspecified atom stereocenters. The average Bonchev–Trinajstić information content (AvgIpc) is 2.26. The van der Waals surface area contributed by atoms with Gasteiger partial charge in [-0.15, -0.1) is 12.3 Å². The number of hydrogen-bond acceptors (Lipinski definition) is 2. The second-order valence-corrected chi connectivity index (χ2v) is 3.38. The minimum Gasteiger partial charge on any atom is -0.380 e. The molecule has 0 saturated heterocycles. The first-order chi connectivity index (χ1) is 7.36. The summed E-state index contributed by atoms with van der Waals surface area (Å²) < 4.78 is 5.08. The van der Waals surface area contributed by atoms with E-state index in [9.17, 15) is 0 Å². The first kappa shape index (κ1) is 11.8. The lowest BCUT2D eigenvalue weighted by Gasteiger charge is -2.05. The van der Waals surface area contributed by atoms with Crippen molar-refractivity contribution in [3.63, 3.8) is 0 Å². The highest BCUT2D eigenvalue weighted by molar-refractivity contribution is 5.22. The molecule has 0 spiro atoms. The Balaban J connectivity index is 2.40. The third-order valence-electron chi connectivity index (χ3n) is 2.08. The molecule has 2 nitrogen and oxygen atoms in total. The first-order valence-electron chi connectivity index (χ1n) is 5.07. The quantitative estimate of drug-likeness (QED) is 0.563. The predicted molar refractivity (Wildman–Crippen MR) is 62.3 cm³/mol. The van der Waals surface area contributed by atoms with Crippen LogP contribution >= 0.6 is 0 Å². The lowest BCUT2D eigenvalue weighted by molar-refractivity contribution is 0.185. The molecule has 1 aromatic carbocycles. The van der Waals surface area contributed by atoms with E-state index in [0.29, 0.717) is 6.61 Å². The molecule has 0 amide bonds. The van der Waals surface area contributed by atoms with E-state index in [4.69, 9.17) is 11.2 Å². The van der Waals surface area contributed by atoms with Crippen molar-refractivity contribution in [2.45, 2.75) is 19.6 Å². The molecule has 1 N–H and O–H groups in total. The molecule has 0 atom stereocenters. The van der Waals surface area contributed by atoms with Gasteiger partial charge in [-0.1, -0.05) is 24.3 Å². The van der Waals surface area contributed by atoms with Gasteiger partial charge in [-0.05, 0) is 11.1 Å². The van der Waals surface area contributed by atoms with Crippen LogP contribution in [0.5, 0.6) is 0 Å². The van der Waals surface area contributed by atoms with Crippen molar-refractivity contribution in [2.75, 3.05) is 13.7 Å². The number of benzene rings is 1. The second kappa shape index (κ2) is 7.05. The second-order valence-electron chi connectivity index (χ2n) is 3.38. The van der Waals surface area contributed by atoms with Crippen molar-refractivity contribution in [2.24, 2.45) is 0 Å². The highest BCUT2D eigenvalue weighted by Gasteiger charge is 1.95. The largest absolute Gasteiger partial charge is 0.380 e. The van der Waals surface area contributed by atoms with Crippen LogP contribution in [0.3, 0.4) is 0 Å². The van der Waals surface area contributed by atoms with Gasteiger partial charge in [-0.3, -0.25) is 0 Å². The summed E-state index contributed by atoms with van der Waals surface area (Å²) in [5.41, 5.74) is 2.47. The van der Waals surface area contributed by atoms with Crippen molar-refractivity contribution >= 4 is 0 Å². The van der Waals surface area contributed by atoms with Crippen molar-refractivity contribution < 1.29 is 4.74 Å². The van der Waals surface area contributed by atoms with Gasteiger partial charge in [0, 0.05) is 26.6 Å². The summed E-state index contributed by atoms with van der Waals surface area (Å²) >= 11 is 0. The summed E-state index contributed by atoms with van der Waals surface area (Å²) in [7, 11) is 1.71. The van der Waals surface area contributed by atoms with Gasteiger partial charge < -0.3 is 10.1 Å². The Morgan fingerprint density at radius 3 is 2.93 bits per heavy atom. The van der Waals surface area contributed by atoms with E-state index in [2.05, 4.69) is 29.4 Å². The Bertz CT molecular complexity index is 328. The molecular weight excluding hydrogens is 186 g/mol. The van der Waals surface area contributed by atoms with Gasteiger partial charge in [0.1, 0.15) is 0 Å². The molecule has 0 aliphatic carbocycles. The van der Waals surface area contributed by atoms with E-state index >= 15 is 0 Å². The van der Waals surface area contributed by atoms with E-state index in [-0.39, 0.29) is 0 Å². The van der Waals surface area contributed by atoms with Crippen LogP contribution in [0.1, 0.15) is 17.5 Å². The van der Waals surface area contributed by atoms with Gasteiger partial charge >= 0.3 is 0 Å². The fourth-order valence-corrected chi connectivity index (χ4v) is 1.39. The van der Waals surface area contributed by atoms with Crippen LogP contribution in [0.4, 0.5) is 0 Å². The maximum absolute atomic E-state index is 5.17. The van der Waals surface area contributed by atoms with Gasteiger partial charge in [0.05, 0.1) is 6.61 Å². The molecule has 0 aromatic heterocycles. The Morgan fingerprint density at radius 2 is 2.20 bits per heavy atom. The molecule has 0 fully saturated rings. The zero-order valence-electron chi connectivity index (χ0n) is 9.12. The summed E-state index contributed by atoms with van der Waals surface area (Å²) in [5.74, 6) is 2.60. The smallest absolute Gasteiger partial charge is 0.0713 e. The van der Waals surface area contributed by atoms with Crippen molar-refractivity contribution in [3.05, 3.63) is 35.4 Å². The van der Waals surface area contributed by atoms with Gasteiger partial charge in [0.25, 0.3) is 0 Å². The normalized spacial score (nSPS) is 9.87. The lowest BCUT2D eigenvalue weighted by Crippen LogP contribution is -2.14. The Hall–Kier alpha value is -1.30. The van der Waals surface area contributed by atoms with Crippen LogP contribution < -0.4 is 5.32 Å². The molecule has 0 aliphatic heterocycles. The first-order valence-corrected chi connectivity index (χ1v) is 5.07. The van der Waals surface area contributed by atoms with E-state index in [0.717, 1.165) is 19.5 Å². The maximum Gasteiger partial charge on any atom is 0.0713 e. The van der Waals surface area contributed by atoms with Crippen LogP contribution in [0.15, 0.2) is 24.3 Å². The van der Waals surface area contributed by atoms with Crippen LogP contribution in [0.25, 0.3) is 0 Å². The fourth-order valence-electron chi connectivity index (χ4n) is 1.39. The molecule has 15 heavy (non-hydrogen) atoms. The zero-order valence-corrected chi connectivity index (χ0v) is 9.12. The SMILES string of the molecule is C#CCCNCc1cccc(COC)c1. The number of ether oxygens (including phenoxy) is 1. The number of terminal acetylenes is 1. The Labute approximate surface area is 91.6 Å². The van der Waals surface area contributed by atoms with E-state index in [1.165, 1.54) is 11.1 Å². The van der Waals surface area contributed by atoms with Crippen LogP contribution in [0, 0.1) is 12.3 Å². The summed E-state index contributed by atoms with van der Waals surface area (Å²) in [4.78, 5) is 0. The van der Waals surface area contributed by atoms with Crippen molar-refractivity contribution in [1.82, 2.24) is 5.32 Å². The van der Waals surface area contributed by atoms with E-state index in [1.54, 1.807) is 7.11 Å². The van der Waals surface area contributed by atoms with Crippen LogP contribution in [-0.2, 0) is 17.9 Å². The number of rotatable bonds is 6. The van der Waals surface area contributed by atoms with E-state index in [1.807, 2.05) is 6.07 Å². The molecule has 2 heteroatoms. The summed E-state index contributed by atoms with van der Waals surface area (Å²) in [6, 6.07) is 8.36. The number of methoxy groups -OCH3 is 1. The highest BCUT2D eigenvalue weighted by Crippen LogP contribution is 2.05. The molecule has 0 bridgehead atoms. The maximum atomic E-state index is 5.17. The Kier molecular flexibility index (Phi) is 5.54. The molecular formula is C13H17NO. The molecule has 80 valence electrons. The fraction of sp³-hybridized carbons (Fsp3) is 0.385. The van der Waals surface area contributed by atoms with E-state index < -0.39 is 0 Å². The molecule has 0 heterocycles. The minimum atomic E-state index is 0.665. The monoisotopic (exact) mass is 203 g/mol. The lowest BCUT2D eigenvalue weighted by atomic mass is 10.1. The zero-order chi connectivity index (χ0) is 10.9. The van der Waals surface area contributed by atoms with Crippen LogP contribution in [-0.4, -0.2) is 13.7 Å². The number of hydrogen-bond donors (Lipinski definition) is 1. The van der Waals surface area contributed by atoms with Gasteiger partial charge in [-0.25, -0.2) is 0 Å². The summed E-state index contributed by atoms with van der Waals surface area (Å²) in [5, 5.41) is 3.29. The molecule has 1 aromatic rings. The molecule has 0 saturated carbocycles. The van der Waals surface area contributed by atoms with Gasteiger partial charge in [0.2, 0.25) is 0 Å². The highest BCUT2D eigenvalue weighted by atomic mass is 16.5. The van der Waals surface area contributed by atoms with Gasteiger partial charge in [-0.2, -0.15) is 0 Å². The van der Waals surface area contributed by atoms with Crippen molar-refractivity contribution in [1.29, 1.82) is 0 Å². The topological polar surface area (TPSA) is 21.3 Å². The molecule has 0 radical (unpaired) electrons. The predicted octanol–water partition coefficient (Wildman–Crippen LogP) is 1.95. The van der Waals surface area contributed by atoms with Crippen molar-refractivity contribution in [3.8, 4) is 12.3 Å². The summed E-state index contributed by atoms with van der Waals surface area (Å²) in [6.07, 6.45) is 5.94. The third kappa shape index (κ3) is 4.64. The molecule has 1 rings (SSSR count). The summed E-state index contributed by atoms with van der Waals surface area (Å²) in [6.45, 7) is 2.39. The average molecular weight is 203 g/mol. The molecule has 0 aliphatic rings. The standard InChI is InChI=1S/C13H17NO/c1-3-4-8-14-10-12-6-5-7-13(9-12)11-15-2/h1,5-7,9,14H,4,8,10-11H2,2H3. The third-order valence-corrected chi connectivity index (χ3v) is 2.08. The number of nitrogens with one attached hydrogen (secondary N) is 1. The van der Waals surface area contributed by atoms with Gasteiger partial charge in [0.15, 0.2) is 0 Å². The van der Waals surface area contributed by atoms with Crippen LogP contribution in [0.2, 0.25) is 0 Å². The Morgan fingerprint density at radius 1 is 1.40 bits per heavy atom. The minimum absolute atomic E-state index is 0.665.